The molecule has 1 heterocycles. The monoisotopic (exact) mass is 444 g/mol. The van der Waals surface area contributed by atoms with Crippen LogP contribution in [0.5, 0.6) is 0 Å². The van der Waals surface area contributed by atoms with Crippen LogP contribution in [0.15, 0.2) is 77.9 Å². The number of anilines is 1. The fourth-order valence-corrected chi connectivity index (χ4v) is 3.72. The Morgan fingerprint density at radius 1 is 1.03 bits per heavy atom. The number of nitrogens with one attached hydrogen (secondary N) is 1. The second-order valence-corrected chi connectivity index (χ2v) is 8.25. The zero-order valence-corrected chi connectivity index (χ0v) is 18.7. The highest BCUT2D eigenvalue weighted by Gasteiger charge is 2.41. The van der Waals surface area contributed by atoms with Gasteiger partial charge in [0.15, 0.2) is 0 Å². The maximum absolute atomic E-state index is 13.2. The maximum atomic E-state index is 13.2. The first kappa shape index (κ1) is 22.2. The average Bonchev–Trinajstić information content (AvgIpc) is 3.09. The molecule has 0 spiro atoms. The number of benzene rings is 3. The molecule has 0 aliphatic carbocycles. The molecule has 1 aliphatic rings. The molecule has 3 aromatic rings. The quantitative estimate of drug-likeness (QED) is 0.616. The number of amides is 1. The number of hydrogen-bond donors (Lipinski definition) is 1. The Hall–Kier alpha value is -4.00. The van der Waals surface area contributed by atoms with Crippen LogP contribution in [0.2, 0.25) is 0 Å². The molecule has 0 bridgehead atoms. The van der Waals surface area contributed by atoms with Crippen LogP contribution in [-0.2, 0) is 0 Å². The van der Waals surface area contributed by atoms with Gasteiger partial charge in [0.1, 0.15) is 11.9 Å². The van der Waals surface area contributed by atoms with Crippen molar-refractivity contribution in [1.82, 2.24) is 5.32 Å². The van der Waals surface area contributed by atoms with Crippen molar-refractivity contribution in [3.05, 3.63) is 101 Å². The summed E-state index contributed by atoms with van der Waals surface area (Å²) in [6.07, 6.45) is 1.80. The summed E-state index contributed by atoms with van der Waals surface area (Å²) in [6, 6.07) is 19.4. The number of nitrogens with zero attached hydrogens (tertiary/aromatic N) is 3. The summed E-state index contributed by atoms with van der Waals surface area (Å²) in [6.45, 7) is 1.98. The third-order valence-electron chi connectivity index (χ3n) is 5.58. The van der Waals surface area contributed by atoms with E-state index in [2.05, 4.69) is 10.4 Å². The molecule has 7 heteroatoms. The van der Waals surface area contributed by atoms with E-state index in [4.69, 9.17) is 0 Å². The van der Waals surface area contributed by atoms with Crippen LogP contribution >= 0.6 is 0 Å². The molecule has 4 rings (SSSR count). The van der Waals surface area contributed by atoms with E-state index in [1.54, 1.807) is 10.9 Å². The van der Waals surface area contributed by atoms with E-state index >= 15 is 0 Å². The van der Waals surface area contributed by atoms with Crippen LogP contribution in [0.4, 0.5) is 10.1 Å². The molecule has 2 unspecified atom stereocenters. The van der Waals surface area contributed by atoms with Gasteiger partial charge in [-0.05, 0) is 60.6 Å². The van der Waals surface area contributed by atoms with E-state index in [0.29, 0.717) is 0 Å². The van der Waals surface area contributed by atoms with E-state index in [1.807, 2.05) is 74.4 Å². The molecule has 1 aliphatic heterocycles. The van der Waals surface area contributed by atoms with E-state index in [9.17, 15) is 14.3 Å². The van der Waals surface area contributed by atoms with Crippen molar-refractivity contribution in [3.63, 3.8) is 0 Å². The lowest BCUT2D eigenvalue weighted by atomic mass is 9.98. The predicted octanol–water partition coefficient (Wildman–Crippen LogP) is 2.86. The summed E-state index contributed by atoms with van der Waals surface area (Å²) >= 11 is 0. The van der Waals surface area contributed by atoms with Gasteiger partial charge in [-0.15, -0.1) is 0 Å². The van der Waals surface area contributed by atoms with Crippen molar-refractivity contribution < 1.29 is 19.0 Å². The van der Waals surface area contributed by atoms with Crippen molar-refractivity contribution in [3.8, 4) is 0 Å². The minimum absolute atomic E-state index is 0.272. The van der Waals surface area contributed by atoms with Gasteiger partial charge in [0.25, 0.3) is 5.91 Å². The molecule has 0 fully saturated rings. The zero-order valence-electron chi connectivity index (χ0n) is 18.7. The first-order valence-corrected chi connectivity index (χ1v) is 10.6. The number of carbonyl (C=O) groups excluding carboxylic acids is 1. The molecule has 33 heavy (non-hydrogen) atoms. The van der Waals surface area contributed by atoms with E-state index in [1.165, 1.54) is 24.3 Å². The minimum atomic E-state index is -0.887. The lowest BCUT2D eigenvalue weighted by molar-refractivity contribution is -0.565. The second-order valence-electron chi connectivity index (χ2n) is 8.25. The topological polar surface area (TPSA) is 70.8 Å². The van der Waals surface area contributed by atoms with Gasteiger partial charge in [0, 0.05) is 36.5 Å². The normalized spacial score (nSPS) is 18.8. The average molecular weight is 445 g/mol. The molecular formula is C26H25FN4O2. The van der Waals surface area contributed by atoms with Crippen molar-refractivity contribution in [2.24, 2.45) is 5.10 Å². The Morgan fingerprint density at radius 2 is 1.67 bits per heavy atom. The van der Waals surface area contributed by atoms with Crippen LogP contribution in [-0.4, -0.2) is 42.8 Å². The molecule has 0 saturated carbocycles. The van der Waals surface area contributed by atoms with Crippen LogP contribution in [0.3, 0.4) is 0 Å². The number of hydrazone groups is 1. The number of carbonyl (C=O) groups is 1. The van der Waals surface area contributed by atoms with E-state index in [-0.39, 0.29) is 5.56 Å². The van der Waals surface area contributed by atoms with E-state index in [0.717, 1.165) is 22.4 Å². The highest BCUT2D eigenvalue weighted by Crippen LogP contribution is 2.27. The Labute approximate surface area is 192 Å². The summed E-state index contributed by atoms with van der Waals surface area (Å²) < 4.78 is 14.9. The Kier molecular flexibility index (Phi) is 6.22. The van der Waals surface area contributed by atoms with Gasteiger partial charge in [-0.1, -0.05) is 34.5 Å². The summed E-state index contributed by atoms with van der Waals surface area (Å²) in [5.74, 6) is -1.34. The van der Waals surface area contributed by atoms with Crippen LogP contribution in [0.1, 0.15) is 33.1 Å². The third-order valence-corrected chi connectivity index (χ3v) is 5.58. The molecule has 0 saturated heterocycles. The lowest BCUT2D eigenvalue weighted by Crippen LogP contribution is -2.47. The van der Waals surface area contributed by atoms with Gasteiger partial charge < -0.3 is 15.3 Å². The number of aryl methyl sites for hydroxylation is 1. The van der Waals surface area contributed by atoms with Crippen LogP contribution in [0.25, 0.3) is 0 Å². The third kappa shape index (κ3) is 4.92. The summed E-state index contributed by atoms with van der Waals surface area (Å²) in [5, 5.41) is 19.9. The van der Waals surface area contributed by atoms with Gasteiger partial charge in [-0.25, -0.2) is 4.39 Å². The SMILES string of the molecule is Cc1ccc(C2C(NC(=O)c3ccc(F)cc3)C([O-])=N[N+]2=Cc2ccc(N(C)C)cc2)cc1. The predicted molar refractivity (Wildman–Crippen MR) is 125 cm³/mol. The number of halogens is 1. The fourth-order valence-electron chi connectivity index (χ4n) is 3.72. The van der Waals surface area contributed by atoms with Gasteiger partial charge in [-0.2, -0.15) is 0 Å². The van der Waals surface area contributed by atoms with Gasteiger partial charge >= 0.3 is 0 Å². The Balaban J connectivity index is 1.68. The van der Waals surface area contributed by atoms with Crippen molar-refractivity contribution in [2.45, 2.75) is 19.0 Å². The van der Waals surface area contributed by atoms with Crippen molar-refractivity contribution >= 4 is 23.7 Å². The molecule has 3 aromatic carbocycles. The molecule has 0 aromatic heterocycles. The minimum Gasteiger partial charge on any atom is -0.856 e. The van der Waals surface area contributed by atoms with Gasteiger partial charge in [0.05, 0.1) is 5.90 Å². The first-order chi connectivity index (χ1) is 15.8. The van der Waals surface area contributed by atoms with Crippen LogP contribution in [0, 0.1) is 12.7 Å². The highest BCUT2D eigenvalue weighted by atomic mass is 19.1. The summed E-state index contributed by atoms with van der Waals surface area (Å²) in [5.41, 5.74) is 4.14. The number of rotatable bonds is 5. The maximum Gasteiger partial charge on any atom is 0.252 e. The van der Waals surface area contributed by atoms with Gasteiger partial charge in [-0.3, -0.25) is 4.79 Å². The molecular weight excluding hydrogens is 419 g/mol. The fraction of sp³-hybridized carbons (Fsp3) is 0.192. The van der Waals surface area contributed by atoms with Gasteiger partial charge in [0.2, 0.25) is 12.3 Å². The Bertz CT molecular complexity index is 1200. The van der Waals surface area contributed by atoms with Crippen molar-refractivity contribution in [2.75, 3.05) is 19.0 Å². The van der Waals surface area contributed by atoms with E-state index < -0.39 is 29.7 Å². The largest absolute Gasteiger partial charge is 0.856 e. The highest BCUT2D eigenvalue weighted by molar-refractivity contribution is 5.97. The van der Waals surface area contributed by atoms with Crippen molar-refractivity contribution in [1.29, 1.82) is 0 Å². The Morgan fingerprint density at radius 3 is 2.27 bits per heavy atom. The van der Waals surface area contributed by atoms with Crippen LogP contribution < -0.4 is 15.3 Å². The summed E-state index contributed by atoms with van der Waals surface area (Å²) in [4.78, 5) is 14.8. The summed E-state index contributed by atoms with van der Waals surface area (Å²) in [7, 11) is 3.93. The standard InChI is InChI=1S/C26H25FN4O2/c1-17-4-8-19(9-5-17)24-23(28-25(32)20-10-12-21(27)13-11-20)26(33)29-31(24)16-18-6-14-22(15-7-18)30(2)3/h4-16,23-24H,1-3H3,(H-,28,29,32,33). The molecule has 0 radical (unpaired) electrons. The number of hydrogen-bond acceptors (Lipinski definition) is 4. The molecule has 2 atom stereocenters. The first-order valence-electron chi connectivity index (χ1n) is 10.6. The molecule has 1 N–H and O–H groups in total. The smallest absolute Gasteiger partial charge is 0.252 e. The molecule has 1 amide bonds. The molecule has 6 nitrogen and oxygen atoms in total. The lowest BCUT2D eigenvalue weighted by Gasteiger charge is -2.20. The zero-order chi connectivity index (χ0) is 23.5. The molecule has 168 valence electrons. The second kappa shape index (κ2) is 9.24.